The third kappa shape index (κ3) is 33.3. The number of aliphatic hydroxyl groups is 3. The van der Waals surface area contributed by atoms with E-state index in [-0.39, 0.29) is 26.4 Å². The van der Waals surface area contributed by atoms with Gasteiger partial charge in [0.15, 0.2) is 0 Å². The highest BCUT2D eigenvalue weighted by molar-refractivity contribution is 7.41. The van der Waals surface area contributed by atoms with Crippen LogP contribution >= 0.6 is 8.60 Å². The summed E-state index contributed by atoms with van der Waals surface area (Å²) < 4.78 is 17.9. The topological polar surface area (TPSA) is 88.4 Å². The molecule has 0 aliphatic rings. The molecular formula is C41H85O6P. The minimum absolute atomic E-state index is 0.0140. The van der Waals surface area contributed by atoms with Crippen molar-refractivity contribution in [2.75, 3.05) is 39.6 Å². The Morgan fingerprint density at radius 2 is 0.562 bits per heavy atom. The zero-order valence-electron chi connectivity index (χ0n) is 32.4. The lowest BCUT2D eigenvalue weighted by Gasteiger charge is -2.28. The Morgan fingerprint density at radius 1 is 0.333 bits per heavy atom. The van der Waals surface area contributed by atoms with Gasteiger partial charge in [0, 0.05) is 0 Å². The lowest BCUT2D eigenvalue weighted by atomic mass is 9.93. The fourth-order valence-corrected chi connectivity index (χ4v) is 7.33. The molecule has 0 heterocycles. The van der Waals surface area contributed by atoms with Crippen LogP contribution in [0.1, 0.15) is 219 Å². The molecule has 0 aliphatic heterocycles. The monoisotopic (exact) mass is 705 g/mol. The van der Waals surface area contributed by atoms with Crippen molar-refractivity contribution < 1.29 is 28.9 Å². The SMILES string of the molecule is CCCCCCCCCCCCCCCCCCOP(OCCCCCCCCCCCCCCCCCC)OCC(CO)(CO)CO. The van der Waals surface area contributed by atoms with Crippen molar-refractivity contribution in [3.05, 3.63) is 0 Å². The summed E-state index contributed by atoms with van der Waals surface area (Å²) in [4.78, 5) is 0. The van der Waals surface area contributed by atoms with Crippen molar-refractivity contribution in [1.82, 2.24) is 0 Å². The summed E-state index contributed by atoms with van der Waals surface area (Å²) in [5.74, 6) is 0. The third-order valence-corrected chi connectivity index (χ3v) is 11.0. The fraction of sp³-hybridized carbons (Fsp3) is 1.00. The van der Waals surface area contributed by atoms with Gasteiger partial charge in [0.05, 0.1) is 45.1 Å². The Kier molecular flexibility index (Phi) is 40.1. The fourth-order valence-electron chi connectivity index (χ4n) is 6.17. The molecule has 0 amide bonds. The molecule has 0 unspecified atom stereocenters. The molecule has 0 rings (SSSR count). The highest BCUT2D eigenvalue weighted by Crippen LogP contribution is 2.42. The van der Waals surface area contributed by atoms with Crippen LogP contribution in [0.3, 0.4) is 0 Å². The molecule has 0 atom stereocenters. The van der Waals surface area contributed by atoms with Crippen LogP contribution in [0.25, 0.3) is 0 Å². The number of hydrogen-bond acceptors (Lipinski definition) is 6. The van der Waals surface area contributed by atoms with Crippen LogP contribution in [0, 0.1) is 5.41 Å². The van der Waals surface area contributed by atoms with Gasteiger partial charge < -0.3 is 28.9 Å². The van der Waals surface area contributed by atoms with Crippen LogP contribution in [-0.4, -0.2) is 55.0 Å². The predicted octanol–water partition coefficient (Wildman–Crippen LogP) is 12.7. The van der Waals surface area contributed by atoms with E-state index in [1.54, 1.807) is 0 Å². The number of unbranched alkanes of at least 4 members (excludes halogenated alkanes) is 30. The standard InChI is InChI=1S/C41H85O6P/c1-3-5-7-9-11-13-15-17-19-21-23-25-27-29-31-33-35-45-48(47-40-41(37-42,38-43)39-44)46-36-34-32-30-28-26-24-22-20-18-16-14-12-10-8-6-4-2/h42-44H,3-40H2,1-2H3. The summed E-state index contributed by atoms with van der Waals surface area (Å²) >= 11 is 0. The number of hydrogen-bond donors (Lipinski definition) is 3. The van der Waals surface area contributed by atoms with Gasteiger partial charge in [-0.1, -0.05) is 206 Å². The summed E-state index contributed by atoms with van der Waals surface area (Å²) in [7, 11) is -1.56. The van der Waals surface area contributed by atoms with Gasteiger partial charge >= 0.3 is 8.60 Å². The van der Waals surface area contributed by atoms with E-state index in [2.05, 4.69) is 13.8 Å². The van der Waals surface area contributed by atoms with E-state index in [0.29, 0.717) is 13.2 Å². The summed E-state index contributed by atoms with van der Waals surface area (Å²) in [6.45, 7) is 4.72. The first-order valence-electron chi connectivity index (χ1n) is 21.2. The van der Waals surface area contributed by atoms with Gasteiger partial charge in [0.1, 0.15) is 0 Å². The minimum Gasteiger partial charge on any atom is -0.396 e. The molecule has 0 radical (unpaired) electrons. The van der Waals surface area contributed by atoms with E-state index >= 15 is 0 Å². The zero-order valence-corrected chi connectivity index (χ0v) is 33.3. The molecule has 3 N–H and O–H groups in total. The summed E-state index contributed by atoms with van der Waals surface area (Å²) in [5, 5.41) is 29.0. The van der Waals surface area contributed by atoms with Crippen LogP contribution in [-0.2, 0) is 13.6 Å². The van der Waals surface area contributed by atoms with Gasteiger partial charge in [-0.15, -0.1) is 0 Å². The second-order valence-corrected chi connectivity index (χ2v) is 16.0. The molecule has 0 saturated carbocycles. The van der Waals surface area contributed by atoms with E-state index in [1.807, 2.05) is 0 Å². The molecule has 0 aliphatic carbocycles. The molecule has 48 heavy (non-hydrogen) atoms. The van der Waals surface area contributed by atoms with Gasteiger partial charge in [-0.3, -0.25) is 0 Å². The first kappa shape index (κ1) is 48.2. The lowest BCUT2D eigenvalue weighted by Crippen LogP contribution is -2.38. The maximum atomic E-state index is 9.68. The summed E-state index contributed by atoms with van der Waals surface area (Å²) in [5.41, 5.74) is -1.07. The van der Waals surface area contributed by atoms with Crippen molar-refractivity contribution in [2.45, 2.75) is 219 Å². The summed E-state index contributed by atoms with van der Waals surface area (Å²) in [6.07, 6.45) is 42.8. The lowest BCUT2D eigenvalue weighted by molar-refractivity contribution is -0.0313. The quantitative estimate of drug-likeness (QED) is 0.0433. The van der Waals surface area contributed by atoms with Crippen molar-refractivity contribution in [3.8, 4) is 0 Å². The van der Waals surface area contributed by atoms with E-state index in [4.69, 9.17) is 13.6 Å². The molecule has 0 spiro atoms. The molecule has 0 bridgehead atoms. The normalized spacial score (nSPS) is 12.1. The highest BCUT2D eigenvalue weighted by Gasteiger charge is 2.31. The van der Waals surface area contributed by atoms with E-state index in [0.717, 1.165) is 25.7 Å². The molecule has 0 aromatic carbocycles. The Balaban J connectivity index is 3.89. The first-order valence-corrected chi connectivity index (χ1v) is 22.3. The van der Waals surface area contributed by atoms with E-state index in [9.17, 15) is 15.3 Å². The molecule has 290 valence electrons. The second kappa shape index (κ2) is 40.0. The Bertz CT molecular complexity index is 545. The highest BCUT2D eigenvalue weighted by atomic mass is 31.2. The van der Waals surface area contributed by atoms with E-state index in [1.165, 1.54) is 180 Å². The van der Waals surface area contributed by atoms with Crippen LogP contribution in [0.4, 0.5) is 0 Å². The maximum Gasteiger partial charge on any atom is 0.332 e. The molecular weight excluding hydrogens is 619 g/mol. The average Bonchev–Trinajstić information content (AvgIpc) is 3.11. The zero-order chi connectivity index (χ0) is 35.1. The smallest absolute Gasteiger partial charge is 0.332 e. The van der Waals surface area contributed by atoms with Crippen LogP contribution in [0.2, 0.25) is 0 Å². The third-order valence-electron chi connectivity index (χ3n) is 9.87. The second-order valence-electron chi connectivity index (χ2n) is 14.7. The van der Waals surface area contributed by atoms with Crippen molar-refractivity contribution in [3.63, 3.8) is 0 Å². The molecule has 0 fully saturated rings. The average molecular weight is 705 g/mol. The molecule has 7 heteroatoms. The van der Waals surface area contributed by atoms with Gasteiger partial charge in [0.25, 0.3) is 0 Å². The van der Waals surface area contributed by atoms with Crippen LogP contribution in [0.5, 0.6) is 0 Å². The molecule has 0 aromatic heterocycles. The van der Waals surface area contributed by atoms with Gasteiger partial charge in [-0.2, -0.15) is 0 Å². The van der Waals surface area contributed by atoms with Gasteiger partial charge in [0.2, 0.25) is 0 Å². The first-order chi connectivity index (χ1) is 23.7. The predicted molar refractivity (Wildman–Crippen MR) is 208 cm³/mol. The van der Waals surface area contributed by atoms with Crippen molar-refractivity contribution >= 4 is 8.60 Å². The molecule has 0 aromatic rings. The number of aliphatic hydroxyl groups excluding tert-OH is 3. The maximum absolute atomic E-state index is 9.68. The Morgan fingerprint density at radius 3 is 0.792 bits per heavy atom. The number of rotatable bonds is 42. The minimum atomic E-state index is -1.56. The van der Waals surface area contributed by atoms with E-state index < -0.39 is 14.0 Å². The van der Waals surface area contributed by atoms with Crippen LogP contribution in [0.15, 0.2) is 0 Å². The Hall–Kier alpha value is 0.190. The van der Waals surface area contributed by atoms with Crippen LogP contribution < -0.4 is 0 Å². The van der Waals surface area contributed by atoms with Gasteiger partial charge in [-0.05, 0) is 12.8 Å². The van der Waals surface area contributed by atoms with Gasteiger partial charge in [-0.25, -0.2) is 0 Å². The largest absolute Gasteiger partial charge is 0.396 e. The van der Waals surface area contributed by atoms with Crippen molar-refractivity contribution in [2.24, 2.45) is 5.41 Å². The molecule has 6 nitrogen and oxygen atoms in total. The Labute approximate surface area is 301 Å². The van der Waals surface area contributed by atoms with Crippen molar-refractivity contribution in [1.29, 1.82) is 0 Å². The molecule has 0 saturated heterocycles. The summed E-state index contributed by atoms with van der Waals surface area (Å²) in [6, 6.07) is 0.